The largest absolute Gasteiger partial charge is 0.448 e. The van der Waals surface area contributed by atoms with E-state index in [4.69, 9.17) is 15.7 Å². The molecule has 0 aromatic heterocycles. The SMILES string of the molecule is N#Cc1cccc(N2CCN(CCC3CCC(OC(=O)C4CCCN4)(C(N)=O)CC3)CC2)c1. The van der Waals surface area contributed by atoms with E-state index in [1.165, 1.54) is 0 Å². The molecule has 1 aliphatic carbocycles. The van der Waals surface area contributed by atoms with E-state index in [0.717, 1.165) is 77.1 Å². The highest BCUT2D eigenvalue weighted by molar-refractivity contribution is 5.87. The van der Waals surface area contributed by atoms with Gasteiger partial charge in [-0.25, -0.2) is 0 Å². The minimum absolute atomic E-state index is 0.306. The number of carbonyl (C=O) groups excluding carboxylic acids is 2. The molecule has 1 atom stereocenters. The second kappa shape index (κ2) is 10.5. The van der Waals surface area contributed by atoms with Crippen LogP contribution in [0, 0.1) is 17.2 Å². The molecule has 3 N–H and O–H groups in total. The van der Waals surface area contributed by atoms with E-state index >= 15 is 0 Å². The van der Waals surface area contributed by atoms with Gasteiger partial charge in [0.25, 0.3) is 5.91 Å². The van der Waals surface area contributed by atoms with Gasteiger partial charge in [-0.05, 0) is 82.2 Å². The Bertz CT molecular complexity index is 876. The molecule has 0 bridgehead atoms. The second-order valence-corrected chi connectivity index (χ2v) is 9.65. The van der Waals surface area contributed by atoms with Crippen LogP contribution in [-0.2, 0) is 14.3 Å². The molecule has 1 unspecified atom stereocenters. The second-order valence-electron chi connectivity index (χ2n) is 9.65. The third kappa shape index (κ3) is 5.66. The minimum atomic E-state index is -1.14. The number of nitrogens with two attached hydrogens (primary N) is 1. The maximum absolute atomic E-state index is 12.5. The average molecular weight is 454 g/mol. The van der Waals surface area contributed by atoms with E-state index in [9.17, 15) is 9.59 Å². The molecule has 0 radical (unpaired) electrons. The number of anilines is 1. The molecule has 2 aliphatic heterocycles. The molecule has 1 amide bonds. The van der Waals surface area contributed by atoms with Crippen molar-refractivity contribution in [3.8, 4) is 6.07 Å². The average Bonchev–Trinajstić information content (AvgIpc) is 3.39. The van der Waals surface area contributed by atoms with Crippen molar-refractivity contribution in [3.63, 3.8) is 0 Å². The summed E-state index contributed by atoms with van der Waals surface area (Å²) in [5, 5.41) is 12.3. The fourth-order valence-corrected chi connectivity index (χ4v) is 5.35. The summed E-state index contributed by atoms with van der Waals surface area (Å²) in [5.41, 5.74) is 6.38. The number of ether oxygens (including phenoxy) is 1. The number of nitrogens with zero attached hydrogens (tertiary/aromatic N) is 3. The smallest absolute Gasteiger partial charge is 0.324 e. The van der Waals surface area contributed by atoms with Gasteiger partial charge >= 0.3 is 5.97 Å². The van der Waals surface area contributed by atoms with Crippen LogP contribution < -0.4 is 16.0 Å². The predicted octanol–water partition coefficient (Wildman–Crippen LogP) is 1.78. The number of nitriles is 1. The van der Waals surface area contributed by atoms with Crippen molar-refractivity contribution in [2.45, 2.75) is 56.6 Å². The fraction of sp³-hybridized carbons (Fsp3) is 0.640. The van der Waals surface area contributed by atoms with E-state index in [1.54, 1.807) is 0 Å². The summed E-state index contributed by atoms with van der Waals surface area (Å²) in [6.07, 6.45) is 5.55. The maximum atomic E-state index is 12.5. The van der Waals surface area contributed by atoms with Gasteiger partial charge in [-0.3, -0.25) is 14.5 Å². The first-order valence-corrected chi connectivity index (χ1v) is 12.2. The Morgan fingerprint density at radius 2 is 1.94 bits per heavy atom. The third-order valence-electron chi connectivity index (χ3n) is 7.57. The Balaban J connectivity index is 1.21. The molecule has 8 nitrogen and oxygen atoms in total. The standard InChI is InChI=1S/C25H35N5O3/c26-18-20-3-1-4-21(17-20)30-15-13-29(14-16-30)12-8-19-6-9-25(10-7-19,24(27)32)33-23(31)22-5-2-11-28-22/h1,3-4,17,19,22,28H,2,5-16H2,(H2,27,32). The Hall–Kier alpha value is -2.63. The van der Waals surface area contributed by atoms with Crippen molar-refractivity contribution in [1.29, 1.82) is 5.26 Å². The van der Waals surface area contributed by atoms with E-state index in [2.05, 4.69) is 27.3 Å². The quantitative estimate of drug-likeness (QED) is 0.605. The summed E-state index contributed by atoms with van der Waals surface area (Å²) in [6, 6.07) is 9.71. The molecule has 1 saturated carbocycles. The predicted molar refractivity (Wildman–Crippen MR) is 125 cm³/mol. The van der Waals surface area contributed by atoms with Crippen molar-refractivity contribution in [2.24, 2.45) is 11.7 Å². The minimum Gasteiger partial charge on any atom is -0.448 e. The lowest BCUT2D eigenvalue weighted by molar-refractivity contribution is -0.173. The van der Waals surface area contributed by atoms with Gasteiger partial charge in [0, 0.05) is 31.9 Å². The van der Waals surface area contributed by atoms with Crippen LogP contribution in [0.3, 0.4) is 0 Å². The van der Waals surface area contributed by atoms with Crippen LogP contribution in [0.5, 0.6) is 0 Å². The van der Waals surface area contributed by atoms with Gasteiger partial charge in [-0.1, -0.05) is 6.07 Å². The first-order chi connectivity index (χ1) is 16.0. The highest BCUT2D eigenvalue weighted by Gasteiger charge is 2.45. The Labute approximate surface area is 196 Å². The summed E-state index contributed by atoms with van der Waals surface area (Å²) in [6.45, 7) is 5.75. The van der Waals surface area contributed by atoms with Crippen LogP contribution in [0.15, 0.2) is 24.3 Å². The molecule has 3 aliphatic rings. The number of hydrogen-bond donors (Lipinski definition) is 2. The van der Waals surface area contributed by atoms with E-state index in [0.29, 0.717) is 24.3 Å². The number of esters is 1. The lowest BCUT2D eigenvalue weighted by atomic mass is 9.77. The van der Waals surface area contributed by atoms with Crippen LogP contribution in [0.25, 0.3) is 0 Å². The van der Waals surface area contributed by atoms with Crippen LogP contribution in [0.4, 0.5) is 5.69 Å². The first kappa shape index (κ1) is 23.5. The van der Waals surface area contributed by atoms with Crippen molar-refractivity contribution < 1.29 is 14.3 Å². The lowest BCUT2D eigenvalue weighted by Gasteiger charge is -2.39. The third-order valence-corrected chi connectivity index (χ3v) is 7.57. The summed E-state index contributed by atoms with van der Waals surface area (Å²) in [4.78, 5) is 29.5. The van der Waals surface area contributed by atoms with Crippen LogP contribution in [0.2, 0.25) is 0 Å². The summed E-state index contributed by atoms with van der Waals surface area (Å²) >= 11 is 0. The Kier molecular flexibility index (Phi) is 7.51. The number of amides is 1. The molecule has 33 heavy (non-hydrogen) atoms. The van der Waals surface area contributed by atoms with Gasteiger partial charge in [0.2, 0.25) is 0 Å². The summed E-state index contributed by atoms with van der Waals surface area (Å²) in [7, 11) is 0. The molecule has 8 heteroatoms. The van der Waals surface area contributed by atoms with Gasteiger partial charge in [-0.15, -0.1) is 0 Å². The molecule has 178 valence electrons. The zero-order valence-corrected chi connectivity index (χ0v) is 19.3. The maximum Gasteiger partial charge on any atom is 0.324 e. The van der Waals surface area contributed by atoms with E-state index < -0.39 is 11.5 Å². The molecule has 1 aromatic carbocycles. The highest BCUT2D eigenvalue weighted by Crippen LogP contribution is 2.37. The molecule has 2 heterocycles. The number of rotatable bonds is 7. The Morgan fingerprint density at radius 3 is 2.58 bits per heavy atom. The normalized spacial score (nSPS) is 28.3. The molecule has 2 saturated heterocycles. The lowest BCUT2D eigenvalue weighted by Crippen LogP contribution is -2.52. The van der Waals surface area contributed by atoms with Gasteiger partial charge in [-0.2, -0.15) is 5.26 Å². The monoisotopic (exact) mass is 453 g/mol. The summed E-state index contributed by atoms with van der Waals surface area (Å²) in [5.74, 6) is -0.321. The molecule has 3 fully saturated rings. The molecule has 1 aromatic rings. The zero-order valence-electron chi connectivity index (χ0n) is 19.3. The molecular weight excluding hydrogens is 418 g/mol. The molecule has 4 rings (SSSR count). The molecule has 0 spiro atoms. The van der Waals surface area contributed by atoms with Crippen molar-refractivity contribution in [2.75, 3.05) is 44.2 Å². The number of carbonyl (C=O) groups is 2. The number of hydrogen-bond acceptors (Lipinski definition) is 7. The van der Waals surface area contributed by atoms with Gasteiger partial charge in [0.15, 0.2) is 5.60 Å². The number of primary amides is 1. The van der Waals surface area contributed by atoms with Crippen LogP contribution >= 0.6 is 0 Å². The van der Waals surface area contributed by atoms with Crippen molar-refractivity contribution in [1.82, 2.24) is 10.2 Å². The van der Waals surface area contributed by atoms with Crippen LogP contribution in [0.1, 0.15) is 50.5 Å². The first-order valence-electron chi connectivity index (χ1n) is 12.2. The number of nitrogens with one attached hydrogen (secondary N) is 1. The van der Waals surface area contributed by atoms with Gasteiger partial charge in [0.1, 0.15) is 6.04 Å². The zero-order chi connectivity index (χ0) is 23.3. The number of piperazine rings is 1. The van der Waals surface area contributed by atoms with Crippen molar-refractivity contribution in [3.05, 3.63) is 29.8 Å². The van der Waals surface area contributed by atoms with Crippen molar-refractivity contribution >= 4 is 17.6 Å². The highest BCUT2D eigenvalue weighted by atomic mass is 16.6. The van der Waals surface area contributed by atoms with Gasteiger partial charge in [0.05, 0.1) is 11.6 Å². The van der Waals surface area contributed by atoms with Crippen LogP contribution in [-0.4, -0.2) is 67.7 Å². The van der Waals surface area contributed by atoms with Gasteiger partial charge < -0.3 is 20.7 Å². The Morgan fingerprint density at radius 1 is 1.18 bits per heavy atom. The molecular formula is C25H35N5O3. The van der Waals surface area contributed by atoms with E-state index in [-0.39, 0.29) is 12.0 Å². The number of benzene rings is 1. The fourth-order valence-electron chi connectivity index (χ4n) is 5.35. The topological polar surface area (TPSA) is 112 Å². The summed E-state index contributed by atoms with van der Waals surface area (Å²) < 4.78 is 5.73. The van der Waals surface area contributed by atoms with E-state index in [1.807, 2.05) is 18.2 Å².